The van der Waals surface area contributed by atoms with Crippen LogP contribution in [0.3, 0.4) is 0 Å². The maximum atomic E-state index is 12.8. The van der Waals surface area contributed by atoms with Gasteiger partial charge in [0.1, 0.15) is 0 Å². The molecule has 7 nitrogen and oxygen atoms in total. The van der Waals surface area contributed by atoms with Gasteiger partial charge in [-0.05, 0) is 30.5 Å². The largest absolute Gasteiger partial charge is 0.479 e. The van der Waals surface area contributed by atoms with Gasteiger partial charge in [0, 0.05) is 44.6 Å². The number of benzene rings is 1. The Morgan fingerprint density at radius 3 is 2.39 bits per heavy atom. The highest BCUT2D eigenvalue weighted by molar-refractivity contribution is 6.00. The Hall–Kier alpha value is -2.41. The number of rotatable bonds is 6. The van der Waals surface area contributed by atoms with Gasteiger partial charge in [-0.1, -0.05) is 25.5 Å². The third-order valence-electron chi connectivity index (χ3n) is 5.84. The van der Waals surface area contributed by atoms with Gasteiger partial charge in [-0.2, -0.15) is 0 Å². The van der Waals surface area contributed by atoms with Crippen molar-refractivity contribution in [2.75, 3.05) is 24.5 Å². The molecule has 0 radical (unpaired) electrons. The summed E-state index contributed by atoms with van der Waals surface area (Å²) in [6.45, 7) is 2.88. The molecule has 3 rings (SSSR count). The molecule has 2 saturated heterocycles. The molecule has 152 valence electrons. The quantitative estimate of drug-likeness (QED) is 0.775. The molecule has 2 N–H and O–H groups in total. The molecule has 2 aliphatic heterocycles. The number of anilines is 1. The zero-order valence-corrected chi connectivity index (χ0v) is 16.3. The molecule has 2 heterocycles. The Kier molecular flexibility index (Phi) is 6.03. The SMILES string of the molecule is CCCCc1ccc(N2CC(C(=O)N3CCC(O)(C(=O)O)CC3)CC2=O)cc1. The van der Waals surface area contributed by atoms with Crippen molar-refractivity contribution in [1.82, 2.24) is 4.90 Å². The van der Waals surface area contributed by atoms with Crippen molar-refractivity contribution in [3.63, 3.8) is 0 Å². The maximum Gasteiger partial charge on any atom is 0.335 e. The maximum absolute atomic E-state index is 12.8. The van der Waals surface area contributed by atoms with Gasteiger partial charge in [-0.25, -0.2) is 4.79 Å². The lowest BCUT2D eigenvalue weighted by atomic mass is 9.91. The number of carbonyl (C=O) groups excluding carboxylic acids is 2. The first-order valence-electron chi connectivity index (χ1n) is 9.98. The Bertz CT molecular complexity index is 738. The Balaban J connectivity index is 1.60. The molecule has 2 amide bonds. The Labute approximate surface area is 164 Å². The van der Waals surface area contributed by atoms with Crippen LogP contribution in [0.15, 0.2) is 24.3 Å². The fourth-order valence-corrected chi connectivity index (χ4v) is 3.92. The first kappa shape index (κ1) is 20.3. The molecule has 0 spiro atoms. The molecule has 1 unspecified atom stereocenters. The summed E-state index contributed by atoms with van der Waals surface area (Å²) in [4.78, 5) is 39.6. The van der Waals surface area contributed by atoms with Crippen LogP contribution in [0.5, 0.6) is 0 Å². The van der Waals surface area contributed by atoms with Crippen molar-refractivity contribution in [1.29, 1.82) is 0 Å². The summed E-state index contributed by atoms with van der Waals surface area (Å²) in [5.41, 5.74) is 0.289. The lowest BCUT2D eigenvalue weighted by Crippen LogP contribution is -2.52. The molecule has 0 aromatic heterocycles. The number of carbonyl (C=O) groups is 3. The van der Waals surface area contributed by atoms with Crippen LogP contribution >= 0.6 is 0 Å². The van der Waals surface area contributed by atoms with Crippen molar-refractivity contribution in [3.05, 3.63) is 29.8 Å². The first-order chi connectivity index (χ1) is 13.3. The van der Waals surface area contributed by atoms with Crippen LogP contribution < -0.4 is 4.90 Å². The number of likely N-dealkylation sites (tertiary alicyclic amines) is 1. The molecular formula is C21H28N2O5. The highest BCUT2D eigenvalue weighted by Crippen LogP contribution is 2.29. The third kappa shape index (κ3) is 4.19. The number of unbranched alkanes of at least 4 members (excludes halogenated alkanes) is 1. The Morgan fingerprint density at radius 2 is 1.82 bits per heavy atom. The summed E-state index contributed by atoms with van der Waals surface area (Å²) in [6.07, 6.45) is 3.47. The van der Waals surface area contributed by atoms with E-state index in [4.69, 9.17) is 5.11 Å². The van der Waals surface area contributed by atoms with Gasteiger partial charge >= 0.3 is 5.97 Å². The molecule has 0 bridgehead atoms. The average Bonchev–Trinajstić information content (AvgIpc) is 3.08. The molecule has 0 aliphatic carbocycles. The number of hydrogen-bond donors (Lipinski definition) is 2. The van der Waals surface area contributed by atoms with Crippen LogP contribution in [0.2, 0.25) is 0 Å². The number of nitrogens with zero attached hydrogens (tertiary/aromatic N) is 2. The minimum absolute atomic E-state index is 0.0116. The zero-order valence-electron chi connectivity index (χ0n) is 16.3. The lowest BCUT2D eigenvalue weighted by molar-refractivity contribution is -0.165. The van der Waals surface area contributed by atoms with Gasteiger partial charge in [0.05, 0.1) is 5.92 Å². The van der Waals surface area contributed by atoms with E-state index in [-0.39, 0.29) is 44.2 Å². The van der Waals surface area contributed by atoms with E-state index in [2.05, 4.69) is 6.92 Å². The van der Waals surface area contributed by atoms with E-state index in [1.165, 1.54) is 5.56 Å². The van der Waals surface area contributed by atoms with Crippen molar-refractivity contribution in [2.45, 2.75) is 51.0 Å². The molecule has 1 atom stereocenters. The smallest absolute Gasteiger partial charge is 0.335 e. The average molecular weight is 388 g/mol. The Morgan fingerprint density at radius 1 is 1.18 bits per heavy atom. The predicted octanol–water partition coefficient (Wildman–Crippen LogP) is 1.82. The number of carboxylic acids is 1. The topological polar surface area (TPSA) is 98.2 Å². The monoisotopic (exact) mass is 388 g/mol. The van der Waals surface area contributed by atoms with Crippen LogP contribution in [-0.4, -0.2) is 58.1 Å². The van der Waals surface area contributed by atoms with Crippen molar-refractivity contribution in [3.8, 4) is 0 Å². The number of hydrogen-bond acceptors (Lipinski definition) is 4. The summed E-state index contributed by atoms with van der Waals surface area (Å²) in [6, 6.07) is 7.93. The molecule has 2 fully saturated rings. The number of aliphatic hydroxyl groups is 1. The summed E-state index contributed by atoms with van der Waals surface area (Å²) in [5.74, 6) is -1.88. The van der Waals surface area contributed by atoms with Crippen molar-refractivity contribution < 1.29 is 24.6 Å². The highest BCUT2D eigenvalue weighted by Gasteiger charge is 2.43. The number of carboxylic acid groups (broad SMARTS) is 1. The second kappa shape index (κ2) is 8.31. The van der Waals surface area contributed by atoms with Crippen LogP contribution in [0.4, 0.5) is 5.69 Å². The van der Waals surface area contributed by atoms with E-state index in [0.29, 0.717) is 6.54 Å². The number of aliphatic carboxylic acids is 1. The van der Waals surface area contributed by atoms with Gasteiger partial charge in [-0.3, -0.25) is 9.59 Å². The fraction of sp³-hybridized carbons (Fsp3) is 0.571. The fourth-order valence-electron chi connectivity index (χ4n) is 3.92. The van der Waals surface area contributed by atoms with E-state index < -0.39 is 17.5 Å². The molecule has 28 heavy (non-hydrogen) atoms. The van der Waals surface area contributed by atoms with E-state index in [9.17, 15) is 19.5 Å². The minimum Gasteiger partial charge on any atom is -0.479 e. The number of aryl methyl sites for hydroxylation is 1. The summed E-state index contributed by atoms with van der Waals surface area (Å²) >= 11 is 0. The highest BCUT2D eigenvalue weighted by atomic mass is 16.4. The molecule has 2 aliphatic rings. The van der Waals surface area contributed by atoms with Gasteiger partial charge in [0.2, 0.25) is 11.8 Å². The van der Waals surface area contributed by atoms with Gasteiger partial charge in [-0.15, -0.1) is 0 Å². The second-order valence-corrected chi connectivity index (χ2v) is 7.84. The van der Waals surface area contributed by atoms with Crippen molar-refractivity contribution in [2.24, 2.45) is 5.92 Å². The van der Waals surface area contributed by atoms with E-state index in [0.717, 1.165) is 24.9 Å². The predicted molar refractivity (Wildman–Crippen MR) is 104 cm³/mol. The summed E-state index contributed by atoms with van der Waals surface area (Å²) in [5, 5.41) is 19.1. The molecular weight excluding hydrogens is 360 g/mol. The molecule has 7 heteroatoms. The van der Waals surface area contributed by atoms with E-state index >= 15 is 0 Å². The van der Waals surface area contributed by atoms with Gasteiger partial charge in [0.25, 0.3) is 0 Å². The van der Waals surface area contributed by atoms with E-state index in [1.54, 1.807) is 9.80 Å². The minimum atomic E-state index is -1.76. The molecule has 1 aromatic rings. The van der Waals surface area contributed by atoms with Crippen molar-refractivity contribution >= 4 is 23.5 Å². The standard InChI is InChI=1S/C21H28N2O5/c1-2-3-4-15-5-7-17(8-6-15)23-14-16(13-18(23)24)19(25)22-11-9-21(28,10-12-22)20(26)27/h5-8,16,28H,2-4,9-14H2,1H3,(H,26,27). The van der Waals surface area contributed by atoms with Crippen LogP contribution in [-0.2, 0) is 20.8 Å². The molecule has 1 aromatic carbocycles. The second-order valence-electron chi connectivity index (χ2n) is 7.84. The normalized spacial score (nSPS) is 21.8. The molecule has 0 saturated carbocycles. The van der Waals surface area contributed by atoms with Crippen LogP contribution in [0.1, 0.15) is 44.6 Å². The van der Waals surface area contributed by atoms with Gasteiger partial charge in [0.15, 0.2) is 5.60 Å². The number of amides is 2. The third-order valence-corrected chi connectivity index (χ3v) is 5.84. The first-order valence-corrected chi connectivity index (χ1v) is 9.98. The number of piperidine rings is 1. The van der Waals surface area contributed by atoms with E-state index in [1.807, 2.05) is 24.3 Å². The van der Waals surface area contributed by atoms with Gasteiger partial charge < -0.3 is 20.0 Å². The summed E-state index contributed by atoms with van der Waals surface area (Å²) in [7, 11) is 0. The van der Waals surface area contributed by atoms with Crippen LogP contribution in [0, 0.1) is 5.92 Å². The zero-order chi connectivity index (χ0) is 20.3. The lowest BCUT2D eigenvalue weighted by Gasteiger charge is -2.36. The van der Waals surface area contributed by atoms with Crippen LogP contribution in [0.25, 0.3) is 0 Å². The summed E-state index contributed by atoms with van der Waals surface area (Å²) < 4.78 is 0.